The molecule has 138 valence electrons. The van der Waals surface area contributed by atoms with Crippen LogP contribution in [-0.4, -0.2) is 33.2 Å². The fourth-order valence-electron chi connectivity index (χ4n) is 2.82. The first kappa shape index (κ1) is 18.3. The highest BCUT2D eigenvalue weighted by Crippen LogP contribution is 2.35. The van der Waals surface area contributed by atoms with Gasteiger partial charge in [0.05, 0.1) is 18.5 Å². The lowest BCUT2D eigenvalue weighted by Crippen LogP contribution is -2.50. The maximum absolute atomic E-state index is 12.5. The van der Waals surface area contributed by atoms with Crippen molar-refractivity contribution >= 4 is 21.6 Å². The van der Waals surface area contributed by atoms with E-state index in [9.17, 15) is 13.2 Å². The molecular formula is C19H22N2O4S. The summed E-state index contributed by atoms with van der Waals surface area (Å²) in [5, 5.41) is 2.82. The van der Waals surface area contributed by atoms with Crippen molar-refractivity contribution in [2.24, 2.45) is 0 Å². The van der Waals surface area contributed by atoms with Gasteiger partial charge in [0.15, 0.2) is 6.10 Å². The Kier molecular flexibility index (Phi) is 4.91. The van der Waals surface area contributed by atoms with Crippen molar-refractivity contribution in [2.75, 3.05) is 17.1 Å². The minimum atomic E-state index is -3.52. The van der Waals surface area contributed by atoms with Crippen LogP contribution >= 0.6 is 0 Å². The van der Waals surface area contributed by atoms with Crippen LogP contribution in [0.1, 0.15) is 16.7 Å². The standard InChI is InChI=1S/C19H22N2O4S/c1-13-4-7-15(8-5-13)11-20-19(22)18-12-21(26(3,23)24)16-10-14(2)6-9-17(16)25-18/h4-10,18H,11-12H2,1-3H3,(H,20,22)/t18-/m1/s1. The molecule has 0 radical (unpaired) electrons. The molecule has 1 atom stereocenters. The van der Waals surface area contributed by atoms with Gasteiger partial charge in [-0.15, -0.1) is 0 Å². The number of carbonyl (C=O) groups is 1. The predicted molar refractivity (Wildman–Crippen MR) is 101 cm³/mol. The summed E-state index contributed by atoms with van der Waals surface area (Å²) in [5.41, 5.74) is 3.50. The van der Waals surface area contributed by atoms with Gasteiger partial charge in [-0.1, -0.05) is 35.9 Å². The molecular weight excluding hydrogens is 352 g/mol. The van der Waals surface area contributed by atoms with Gasteiger partial charge in [0.25, 0.3) is 5.91 Å². The van der Waals surface area contributed by atoms with Crippen molar-refractivity contribution in [1.29, 1.82) is 0 Å². The average molecular weight is 374 g/mol. The van der Waals surface area contributed by atoms with Gasteiger partial charge in [-0.25, -0.2) is 8.42 Å². The molecule has 2 aromatic carbocycles. The molecule has 0 bridgehead atoms. The lowest BCUT2D eigenvalue weighted by molar-refractivity contribution is -0.127. The van der Waals surface area contributed by atoms with E-state index in [1.807, 2.05) is 44.2 Å². The Morgan fingerprint density at radius 2 is 1.81 bits per heavy atom. The first-order chi connectivity index (χ1) is 12.2. The van der Waals surface area contributed by atoms with E-state index in [1.54, 1.807) is 12.1 Å². The van der Waals surface area contributed by atoms with E-state index in [4.69, 9.17) is 4.74 Å². The van der Waals surface area contributed by atoms with Crippen molar-refractivity contribution in [3.63, 3.8) is 0 Å². The molecule has 3 rings (SSSR count). The first-order valence-corrected chi connectivity index (χ1v) is 10.2. The summed E-state index contributed by atoms with van der Waals surface area (Å²) in [5.74, 6) is 0.0493. The number of carbonyl (C=O) groups excluding carboxylic acids is 1. The number of hydrogen-bond acceptors (Lipinski definition) is 4. The third kappa shape index (κ3) is 3.99. The number of anilines is 1. The zero-order chi connectivity index (χ0) is 18.9. The summed E-state index contributed by atoms with van der Waals surface area (Å²) >= 11 is 0. The number of nitrogens with one attached hydrogen (secondary N) is 1. The second kappa shape index (κ2) is 6.99. The van der Waals surface area contributed by atoms with Gasteiger partial charge in [0, 0.05) is 6.54 Å². The Bertz CT molecular complexity index is 923. The van der Waals surface area contributed by atoms with E-state index in [0.29, 0.717) is 18.0 Å². The number of benzene rings is 2. The summed E-state index contributed by atoms with van der Waals surface area (Å²) in [4.78, 5) is 12.5. The van der Waals surface area contributed by atoms with Gasteiger partial charge in [0.1, 0.15) is 5.75 Å². The number of rotatable bonds is 4. The van der Waals surface area contributed by atoms with Crippen LogP contribution in [0.5, 0.6) is 5.75 Å². The molecule has 2 aromatic rings. The van der Waals surface area contributed by atoms with Gasteiger partial charge in [-0.05, 0) is 37.1 Å². The number of ether oxygens (including phenoxy) is 1. The monoisotopic (exact) mass is 374 g/mol. The largest absolute Gasteiger partial charge is 0.476 e. The fraction of sp³-hybridized carbons (Fsp3) is 0.316. The molecule has 26 heavy (non-hydrogen) atoms. The second-order valence-electron chi connectivity index (χ2n) is 6.58. The van der Waals surface area contributed by atoms with E-state index < -0.39 is 16.1 Å². The molecule has 7 heteroatoms. The molecule has 0 saturated carbocycles. The van der Waals surface area contributed by atoms with Crippen LogP contribution in [0.25, 0.3) is 0 Å². The molecule has 6 nitrogen and oxygen atoms in total. The molecule has 1 heterocycles. The number of hydrogen-bond donors (Lipinski definition) is 1. The number of nitrogens with zero attached hydrogens (tertiary/aromatic N) is 1. The van der Waals surface area contributed by atoms with E-state index in [1.165, 1.54) is 4.31 Å². The summed E-state index contributed by atoms with van der Waals surface area (Å²) in [6, 6.07) is 13.1. The third-order valence-corrected chi connectivity index (χ3v) is 5.41. The minimum absolute atomic E-state index is 0.0466. The maximum atomic E-state index is 12.5. The smallest absolute Gasteiger partial charge is 0.263 e. The molecule has 1 aliphatic heterocycles. The van der Waals surface area contributed by atoms with Gasteiger partial charge in [-0.2, -0.15) is 0 Å². The normalized spacial score (nSPS) is 16.6. The predicted octanol–water partition coefficient (Wildman–Crippen LogP) is 2.15. The van der Waals surface area contributed by atoms with Crippen molar-refractivity contribution in [1.82, 2.24) is 5.32 Å². The molecule has 1 aliphatic rings. The highest BCUT2D eigenvalue weighted by molar-refractivity contribution is 7.92. The maximum Gasteiger partial charge on any atom is 0.263 e. The molecule has 0 aliphatic carbocycles. The zero-order valence-electron chi connectivity index (χ0n) is 15.0. The summed E-state index contributed by atoms with van der Waals surface area (Å²) in [6.45, 7) is 4.19. The van der Waals surface area contributed by atoms with E-state index >= 15 is 0 Å². The highest BCUT2D eigenvalue weighted by atomic mass is 32.2. The highest BCUT2D eigenvalue weighted by Gasteiger charge is 2.34. The molecule has 1 N–H and O–H groups in total. The quantitative estimate of drug-likeness (QED) is 0.890. The first-order valence-electron chi connectivity index (χ1n) is 8.32. The zero-order valence-corrected chi connectivity index (χ0v) is 15.8. The molecule has 0 spiro atoms. The Balaban J connectivity index is 1.77. The third-order valence-electron chi connectivity index (χ3n) is 4.26. The van der Waals surface area contributed by atoms with Crippen LogP contribution < -0.4 is 14.4 Å². The summed E-state index contributed by atoms with van der Waals surface area (Å²) < 4.78 is 31.4. The van der Waals surface area contributed by atoms with Gasteiger partial charge in [0.2, 0.25) is 10.0 Å². The molecule has 0 unspecified atom stereocenters. The van der Waals surface area contributed by atoms with Gasteiger partial charge in [-0.3, -0.25) is 9.10 Å². The number of sulfonamides is 1. The topological polar surface area (TPSA) is 75.7 Å². The number of amides is 1. The molecule has 0 fully saturated rings. The summed E-state index contributed by atoms with van der Waals surface area (Å²) in [6.07, 6.45) is 0.233. The fourth-order valence-corrected chi connectivity index (χ4v) is 3.73. The Labute approximate surface area is 153 Å². The van der Waals surface area contributed by atoms with Crippen molar-refractivity contribution < 1.29 is 17.9 Å². The van der Waals surface area contributed by atoms with Crippen LogP contribution in [0, 0.1) is 13.8 Å². The summed E-state index contributed by atoms with van der Waals surface area (Å²) in [7, 11) is -3.52. The van der Waals surface area contributed by atoms with Crippen LogP contribution in [-0.2, 0) is 21.4 Å². The number of fused-ring (bicyclic) bond motifs is 1. The van der Waals surface area contributed by atoms with E-state index in [-0.39, 0.29) is 12.5 Å². The Morgan fingerprint density at radius 3 is 2.46 bits per heavy atom. The minimum Gasteiger partial charge on any atom is -0.476 e. The average Bonchev–Trinajstić information content (AvgIpc) is 2.59. The van der Waals surface area contributed by atoms with Crippen molar-refractivity contribution in [3.05, 3.63) is 59.2 Å². The van der Waals surface area contributed by atoms with Crippen molar-refractivity contribution in [3.8, 4) is 5.75 Å². The Hall–Kier alpha value is -2.54. The second-order valence-corrected chi connectivity index (χ2v) is 8.48. The van der Waals surface area contributed by atoms with E-state index in [0.717, 1.165) is 22.9 Å². The van der Waals surface area contributed by atoms with Crippen LogP contribution in [0.3, 0.4) is 0 Å². The van der Waals surface area contributed by atoms with Gasteiger partial charge < -0.3 is 10.1 Å². The van der Waals surface area contributed by atoms with E-state index in [2.05, 4.69) is 5.32 Å². The number of aryl methyl sites for hydroxylation is 2. The van der Waals surface area contributed by atoms with Crippen LogP contribution in [0.15, 0.2) is 42.5 Å². The SMILES string of the molecule is Cc1ccc(CNC(=O)[C@H]2CN(S(C)(=O)=O)c3cc(C)ccc3O2)cc1. The van der Waals surface area contributed by atoms with Crippen LogP contribution in [0.4, 0.5) is 5.69 Å². The lowest BCUT2D eigenvalue weighted by Gasteiger charge is -2.34. The lowest BCUT2D eigenvalue weighted by atomic mass is 10.1. The van der Waals surface area contributed by atoms with Crippen molar-refractivity contribution in [2.45, 2.75) is 26.5 Å². The Morgan fingerprint density at radius 1 is 1.15 bits per heavy atom. The molecule has 1 amide bonds. The molecule has 0 saturated heterocycles. The molecule has 0 aromatic heterocycles. The van der Waals surface area contributed by atoms with Crippen LogP contribution in [0.2, 0.25) is 0 Å². The van der Waals surface area contributed by atoms with Gasteiger partial charge >= 0.3 is 0 Å².